The van der Waals surface area contributed by atoms with Crippen molar-refractivity contribution in [1.29, 1.82) is 0 Å². The van der Waals surface area contributed by atoms with Gasteiger partial charge in [-0.1, -0.05) is 0 Å². The van der Waals surface area contributed by atoms with Crippen molar-refractivity contribution in [3.63, 3.8) is 0 Å². The Kier molecular flexibility index (Phi) is 6.43. The van der Waals surface area contributed by atoms with Gasteiger partial charge in [-0.05, 0) is 39.2 Å². The van der Waals surface area contributed by atoms with Crippen LogP contribution in [0, 0.1) is 0 Å². The number of thiophene rings is 1. The van der Waals surface area contributed by atoms with Crippen LogP contribution in [0.15, 0.2) is 16.3 Å². The van der Waals surface area contributed by atoms with E-state index in [-0.39, 0.29) is 10.1 Å². The molecule has 0 bridgehead atoms. The minimum absolute atomic E-state index is 0.0262. The highest BCUT2D eigenvalue weighted by atomic mass is 32.2. The molecule has 1 heterocycles. The van der Waals surface area contributed by atoms with E-state index in [0.29, 0.717) is 13.0 Å². The van der Waals surface area contributed by atoms with Crippen LogP contribution in [0.25, 0.3) is 0 Å². The topological polar surface area (TPSA) is 87.3 Å². The second-order valence-corrected chi connectivity index (χ2v) is 7.19. The van der Waals surface area contributed by atoms with E-state index in [1.807, 2.05) is 7.05 Å². The Hall–Kier alpha value is -0.960. The molecule has 0 radical (unpaired) electrons. The summed E-state index contributed by atoms with van der Waals surface area (Å²) in [4.78, 5) is 12.3. The molecule has 1 amide bonds. The molecule has 0 aromatic carbocycles. The molecule has 0 spiro atoms. The average molecular weight is 305 g/mol. The highest BCUT2D eigenvalue weighted by molar-refractivity contribution is 7.91. The van der Waals surface area contributed by atoms with E-state index in [4.69, 9.17) is 0 Å². The molecule has 0 aliphatic heterocycles. The Balaban J connectivity index is 2.45. The van der Waals surface area contributed by atoms with Gasteiger partial charge in [0.25, 0.3) is 0 Å². The first kappa shape index (κ1) is 16.1. The zero-order valence-corrected chi connectivity index (χ0v) is 12.7. The van der Waals surface area contributed by atoms with Crippen molar-refractivity contribution in [3.8, 4) is 0 Å². The van der Waals surface area contributed by atoms with E-state index < -0.39 is 10.0 Å². The smallest absolute Gasteiger partial charge is 0.249 e. The van der Waals surface area contributed by atoms with E-state index in [9.17, 15) is 13.2 Å². The van der Waals surface area contributed by atoms with Gasteiger partial charge in [-0.2, -0.15) is 0 Å². The van der Waals surface area contributed by atoms with E-state index in [1.54, 1.807) is 12.1 Å². The largest absolute Gasteiger partial charge is 0.351 e. The zero-order chi connectivity index (χ0) is 14.3. The third kappa shape index (κ3) is 5.27. The number of nitrogens with one attached hydrogen (secondary N) is 3. The molecule has 8 heteroatoms. The Labute approximate surface area is 117 Å². The maximum atomic E-state index is 11.5. The van der Waals surface area contributed by atoms with Crippen LogP contribution in [0.5, 0.6) is 0 Å². The monoisotopic (exact) mass is 305 g/mol. The van der Waals surface area contributed by atoms with Crippen LogP contribution in [-0.2, 0) is 21.4 Å². The maximum Gasteiger partial charge on any atom is 0.249 e. The Bertz CT molecular complexity index is 511. The fourth-order valence-corrected chi connectivity index (χ4v) is 3.53. The zero-order valence-electron chi connectivity index (χ0n) is 11.0. The van der Waals surface area contributed by atoms with Crippen LogP contribution >= 0.6 is 11.3 Å². The number of sulfonamides is 1. The van der Waals surface area contributed by atoms with Crippen molar-refractivity contribution < 1.29 is 13.2 Å². The molecule has 0 saturated heterocycles. The predicted octanol–water partition coefficient (Wildman–Crippen LogP) is 0.272. The minimum atomic E-state index is -3.39. The molecule has 0 aliphatic rings. The summed E-state index contributed by atoms with van der Waals surface area (Å²) < 4.78 is 25.6. The van der Waals surface area contributed by atoms with Gasteiger partial charge in [-0.15, -0.1) is 11.3 Å². The highest BCUT2D eigenvalue weighted by Gasteiger charge is 2.14. The van der Waals surface area contributed by atoms with Crippen molar-refractivity contribution in [3.05, 3.63) is 17.0 Å². The lowest BCUT2D eigenvalue weighted by atomic mass is 10.3. The summed E-state index contributed by atoms with van der Waals surface area (Å²) in [5.74, 6) is -0.0262. The Morgan fingerprint density at radius 1 is 1.32 bits per heavy atom. The molecule has 0 saturated carbocycles. The summed E-state index contributed by atoms with van der Waals surface area (Å²) in [6, 6.07) is 3.25. The van der Waals surface area contributed by atoms with Gasteiger partial charge in [0.05, 0.1) is 6.54 Å². The predicted molar refractivity (Wildman–Crippen MR) is 75.6 cm³/mol. The maximum absolute atomic E-state index is 11.5. The third-order valence-corrected chi connectivity index (χ3v) is 5.45. The number of rotatable bonds is 8. The number of carbonyl (C=O) groups excluding carboxylic acids is 1. The number of hydrogen-bond donors (Lipinski definition) is 3. The van der Waals surface area contributed by atoms with Crippen LogP contribution in [0.4, 0.5) is 0 Å². The number of amides is 1. The molecule has 6 nitrogen and oxygen atoms in total. The third-order valence-electron chi connectivity index (χ3n) is 2.46. The standard InChI is InChI=1S/C11H19N3O3S2/c1-12-7-3-4-10(15)14-8-9-5-6-11(18-9)19(16,17)13-2/h5-6,12-13H,3-4,7-8H2,1-2H3,(H,14,15). The molecular formula is C11H19N3O3S2. The van der Waals surface area contributed by atoms with E-state index in [1.165, 1.54) is 7.05 Å². The van der Waals surface area contributed by atoms with Crippen molar-refractivity contribution in [1.82, 2.24) is 15.4 Å². The first-order valence-corrected chi connectivity index (χ1v) is 8.23. The second-order valence-electron chi connectivity index (χ2n) is 3.91. The first-order valence-electron chi connectivity index (χ1n) is 5.93. The molecule has 1 aromatic heterocycles. The summed E-state index contributed by atoms with van der Waals surface area (Å²) in [5, 5.41) is 5.74. The minimum Gasteiger partial charge on any atom is -0.351 e. The van der Waals surface area contributed by atoms with Crippen LogP contribution in [0.2, 0.25) is 0 Å². The SMILES string of the molecule is CNCCCC(=O)NCc1ccc(S(=O)(=O)NC)s1. The molecular weight excluding hydrogens is 286 g/mol. The first-order chi connectivity index (χ1) is 8.99. The molecule has 19 heavy (non-hydrogen) atoms. The molecule has 1 aromatic rings. The molecule has 0 unspecified atom stereocenters. The van der Waals surface area contributed by atoms with Crippen LogP contribution in [0.1, 0.15) is 17.7 Å². The Morgan fingerprint density at radius 3 is 2.68 bits per heavy atom. The summed E-state index contributed by atoms with van der Waals surface area (Å²) >= 11 is 1.16. The highest BCUT2D eigenvalue weighted by Crippen LogP contribution is 2.20. The Morgan fingerprint density at radius 2 is 2.05 bits per heavy atom. The van der Waals surface area contributed by atoms with Gasteiger partial charge in [0.2, 0.25) is 15.9 Å². The molecule has 108 valence electrons. The van der Waals surface area contributed by atoms with Gasteiger partial charge >= 0.3 is 0 Å². The van der Waals surface area contributed by atoms with Crippen molar-refractivity contribution in [2.75, 3.05) is 20.6 Å². The van der Waals surface area contributed by atoms with Gasteiger partial charge in [0.1, 0.15) is 4.21 Å². The summed E-state index contributed by atoms with van der Waals surface area (Å²) in [6.45, 7) is 1.17. The lowest BCUT2D eigenvalue weighted by molar-refractivity contribution is -0.121. The molecule has 0 fully saturated rings. The molecule has 0 atom stereocenters. The van der Waals surface area contributed by atoms with Crippen molar-refractivity contribution in [2.45, 2.75) is 23.6 Å². The van der Waals surface area contributed by atoms with Gasteiger partial charge in [0.15, 0.2) is 0 Å². The summed E-state index contributed by atoms with van der Waals surface area (Å²) in [7, 11) is -0.172. The molecule has 3 N–H and O–H groups in total. The van der Waals surface area contributed by atoms with Gasteiger partial charge in [-0.3, -0.25) is 4.79 Å². The lowest BCUT2D eigenvalue weighted by Gasteiger charge is -2.03. The van der Waals surface area contributed by atoms with Crippen LogP contribution in [0.3, 0.4) is 0 Å². The van der Waals surface area contributed by atoms with Crippen molar-refractivity contribution in [2.24, 2.45) is 0 Å². The fourth-order valence-electron chi connectivity index (χ4n) is 1.40. The summed E-state index contributed by atoms with van der Waals surface area (Å²) in [5.41, 5.74) is 0. The molecule has 0 aliphatic carbocycles. The average Bonchev–Trinajstić information content (AvgIpc) is 2.86. The normalized spacial score (nSPS) is 11.5. The number of hydrogen-bond acceptors (Lipinski definition) is 5. The quantitative estimate of drug-likeness (QED) is 0.602. The fraction of sp³-hybridized carbons (Fsp3) is 0.545. The van der Waals surface area contributed by atoms with E-state index in [0.717, 1.165) is 29.2 Å². The molecule has 1 rings (SSSR count). The van der Waals surface area contributed by atoms with Gasteiger partial charge in [-0.25, -0.2) is 13.1 Å². The van der Waals surface area contributed by atoms with Gasteiger partial charge < -0.3 is 10.6 Å². The summed E-state index contributed by atoms with van der Waals surface area (Å²) in [6.07, 6.45) is 1.25. The van der Waals surface area contributed by atoms with E-state index >= 15 is 0 Å². The number of carbonyl (C=O) groups is 1. The second kappa shape index (κ2) is 7.59. The van der Waals surface area contributed by atoms with Gasteiger partial charge in [0, 0.05) is 11.3 Å². The van der Waals surface area contributed by atoms with Crippen LogP contribution < -0.4 is 15.4 Å². The lowest BCUT2D eigenvalue weighted by Crippen LogP contribution is -2.23. The van der Waals surface area contributed by atoms with E-state index in [2.05, 4.69) is 15.4 Å². The van der Waals surface area contributed by atoms with Crippen LogP contribution in [-0.4, -0.2) is 35.0 Å². The van der Waals surface area contributed by atoms with Crippen molar-refractivity contribution >= 4 is 27.3 Å².